The molecule has 0 amide bonds. The summed E-state index contributed by atoms with van der Waals surface area (Å²) in [6, 6.07) is 6.58. The van der Waals surface area contributed by atoms with E-state index in [0.717, 1.165) is 19.0 Å². The Balaban J connectivity index is 2.03. The van der Waals surface area contributed by atoms with Gasteiger partial charge in [-0.05, 0) is 37.4 Å². The van der Waals surface area contributed by atoms with Gasteiger partial charge in [-0.25, -0.2) is 8.42 Å². The predicted molar refractivity (Wildman–Crippen MR) is 89.2 cm³/mol. The first-order valence-electron chi connectivity index (χ1n) is 7.27. The number of nitrogens with two attached hydrogens (primary N) is 1. The van der Waals surface area contributed by atoms with Crippen LogP contribution in [0, 0.1) is 5.92 Å². The van der Waals surface area contributed by atoms with Crippen LogP contribution < -0.4 is 5.73 Å². The number of sulfone groups is 1. The molecular formula is C15H22N2O2S2. The van der Waals surface area contributed by atoms with E-state index < -0.39 is 9.84 Å². The molecule has 2 rings (SSSR count). The average Bonchev–Trinajstić information content (AvgIpc) is 3.27. The molecule has 1 aliphatic carbocycles. The Hall–Kier alpha value is -0.980. The van der Waals surface area contributed by atoms with E-state index in [1.807, 2.05) is 0 Å². The van der Waals surface area contributed by atoms with Crippen molar-refractivity contribution in [2.24, 2.45) is 11.7 Å². The standard InChI is InChI=1S/C15H22N2O2S2/c1-2-17(11-12-6-7-12)8-9-21(18,19)14-5-3-4-13(10-14)15(16)20/h3-5,10,12H,2,6-9,11H2,1H3,(H2,16,20). The molecule has 1 aromatic rings. The van der Waals surface area contributed by atoms with E-state index in [9.17, 15) is 8.42 Å². The molecular weight excluding hydrogens is 304 g/mol. The third-order valence-electron chi connectivity index (χ3n) is 3.81. The maximum Gasteiger partial charge on any atom is 0.179 e. The number of thiocarbonyl (C=S) groups is 1. The van der Waals surface area contributed by atoms with Gasteiger partial charge in [0.05, 0.1) is 10.6 Å². The highest BCUT2D eigenvalue weighted by Gasteiger charge is 2.24. The molecule has 4 nitrogen and oxygen atoms in total. The van der Waals surface area contributed by atoms with E-state index in [2.05, 4.69) is 11.8 Å². The second-order valence-corrected chi connectivity index (χ2v) is 8.10. The summed E-state index contributed by atoms with van der Waals surface area (Å²) in [5, 5.41) is 0. The van der Waals surface area contributed by atoms with Crippen LogP contribution in [0.4, 0.5) is 0 Å². The molecule has 0 aromatic heterocycles. The summed E-state index contributed by atoms with van der Waals surface area (Å²) in [4.78, 5) is 2.73. The molecule has 2 N–H and O–H groups in total. The van der Waals surface area contributed by atoms with Crippen LogP contribution in [0.15, 0.2) is 29.2 Å². The molecule has 21 heavy (non-hydrogen) atoms. The quantitative estimate of drug-likeness (QED) is 0.738. The zero-order valence-corrected chi connectivity index (χ0v) is 13.9. The van der Waals surface area contributed by atoms with Crippen molar-refractivity contribution >= 4 is 27.0 Å². The third kappa shape index (κ3) is 4.76. The molecule has 0 heterocycles. The first-order chi connectivity index (χ1) is 9.92. The molecule has 0 spiro atoms. The Kier molecular flexibility index (Phi) is 5.35. The van der Waals surface area contributed by atoms with Crippen LogP contribution in [0.5, 0.6) is 0 Å². The highest BCUT2D eigenvalue weighted by molar-refractivity contribution is 7.91. The summed E-state index contributed by atoms with van der Waals surface area (Å²) < 4.78 is 24.8. The molecule has 0 aliphatic heterocycles. The minimum absolute atomic E-state index is 0.133. The summed E-state index contributed by atoms with van der Waals surface area (Å²) in [5.41, 5.74) is 6.15. The van der Waals surface area contributed by atoms with Crippen LogP contribution in [0.1, 0.15) is 25.3 Å². The van der Waals surface area contributed by atoms with Crippen LogP contribution >= 0.6 is 12.2 Å². The van der Waals surface area contributed by atoms with E-state index in [0.29, 0.717) is 17.0 Å². The normalized spacial score (nSPS) is 15.3. The fourth-order valence-corrected chi connectivity index (χ4v) is 3.71. The Bertz CT molecular complexity index is 610. The van der Waals surface area contributed by atoms with Gasteiger partial charge in [0.2, 0.25) is 0 Å². The minimum Gasteiger partial charge on any atom is -0.389 e. The van der Waals surface area contributed by atoms with Crippen LogP contribution in [0.3, 0.4) is 0 Å². The van der Waals surface area contributed by atoms with Crippen molar-refractivity contribution in [3.05, 3.63) is 29.8 Å². The SMILES string of the molecule is CCN(CCS(=O)(=O)c1cccc(C(N)=S)c1)CC1CC1. The minimum atomic E-state index is -3.29. The van der Waals surface area contributed by atoms with Crippen LogP contribution in [0.25, 0.3) is 0 Å². The smallest absolute Gasteiger partial charge is 0.179 e. The predicted octanol–water partition coefficient (Wildman–Crippen LogP) is 1.83. The lowest BCUT2D eigenvalue weighted by atomic mass is 10.2. The van der Waals surface area contributed by atoms with E-state index in [1.54, 1.807) is 24.3 Å². The molecule has 1 saturated carbocycles. The average molecular weight is 326 g/mol. The highest BCUT2D eigenvalue weighted by atomic mass is 32.2. The number of rotatable bonds is 8. The van der Waals surface area contributed by atoms with Crippen LogP contribution in [-0.4, -0.2) is 43.7 Å². The summed E-state index contributed by atoms with van der Waals surface area (Å²) in [7, 11) is -3.29. The maximum atomic E-state index is 12.4. The van der Waals surface area contributed by atoms with Gasteiger partial charge in [-0.2, -0.15) is 0 Å². The molecule has 1 aliphatic rings. The van der Waals surface area contributed by atoms with Crippen molar-refractivity contribution in [2.75, 3.05) is 25.4 Å². The van der Waals surface area contributed by atoms with Gasteiger partial charge in [0.25, 0.3) is 0 Å². The Labute approximate surface area is 132 Å². The zero-order valence-electron chi connectivity index (χ0n) is 12.3. The van der Waals surface area contributed by atoms with E-state index in [4.69, 9.17) is 18.0 Å². The number of hydrogen-bond donors (Lipinski definition) is 1. The van der Waals surface area contributed by atoms with Crippen LogP contribution in [0.2, 0.25) is 0 Å². The van der Waals surface area contributed by atoms with E-state index in [-0.39, 0.29) is 10.7 Å². The second kappa shape index (κ2) is 6.85. The van der Waals surface area contributed by atoms with E-state index >= 15 is 0 Å². The summed E-state index contributed by atoms with van der Waals surface area (Å²) >= 11 is 4.90. The van der Waals surface area contributed by atoms with Crippen LogP contribution in [-0.2, 0) is 9.84 Å². The highest BCUT2D eigenvalue weighted by Crippen LogP contribution is 2.29. The lowest BCUT2D eigenvalue weighted by Gasteiger charge is -2.20. The maximum absolute atomic E-state index is 12.4. The van der Waals surface area contributed by atoms with Crippen molar-refractivity contribution in [1.29, 1.82) is 0 Å². The van der Waals surface area contributed by atoms with E-state index in [1.165, 1.54) is 12.8 Å². The Morgan fingerprint density at radius 3 is 2.71 bits per heavy atom. The zero-order chi connectivity index (χ0) is 15.5. The van der Waals surface area contributed by atoms with Gasteiger partial charge < -0.3 is 10.6 Å². The molecule has 1 fully saturated rings. The summed E-state index contributed by atoms with van der Waals surface area (Å²) in [6.45, 7) is 4.55. The number of nitrogens with zero attached hydrogens (tertiary/aromatic N) is 1. The molecule has 6 heteroatoms. The Morgan fingerprint density at radius 1 is 1.43 bits per heavy atom. The molecule has 116 valence electrons. The van der Waals surface area contributed by atoms with Crippen molar-refractivity contribution in [2.45, 2.75) is 24.7 Å². The first kappa shape index (κ1) is 16.4. The molecule has 0 saturated heterocycles. The van der Waals surface area contributed by atoms with Gasteiger partial charge >= 0.3 is 0 Å². The Morgan fingerprint density at radius 2 is 2.14 bits per heavy atom. The number of benzene rings is 1. The monoisotopic (exact) mass is 326 g/mol. The second-order valence-electron chi connectivity index (χ2n) is 5.55. The van der Waals surface area contributed by atoms with Crippen molar-refractivity contribution < 1.29 is 8.42 Å². The fraction of sp³-hybridized carbons (Fsp3) is 0.533. The van der Waals surface area contributed by atoms with Gasteiger partial charge in [0.1, 0.15) is 4.99 Å². The molecule has 1 aromatic carbocycles. The molecule has 0 radical (unpaired) electrons. The summed E-state index contributed by atoms with van der Waals surface area (Å²) in [6.07, 6.45) is 2.55. The van der Waals surface area contributed by atoms with Gasteiger partial charge in [-0.3, -0.25) is 0 Å². The van der Waals surface area contributed by atoms with Gasteiger partial charge in [-0.1, -0.05) is 31.3 Å². The fourth-order valence-electron chi connectivity index (χ4n) is 2.25. The van der Waals surface area contributed by atoms with Crippen molar-refractivity contribution in [3.8, 4) is 0 Å². The molecule has 0 unspecified atom stereocenters. The lowest BCUT2D eigenvalue weighted by molar-refractivity contribution is 0.292. The van der Waals surface area contributed by atoms with Crippen molar-refractivity contribution in [1.82, 2.24) is 4.90 Å². The first-order valence-corrected chi connectivity index (χ1v) is 9.33. The number of hydrogen-bond acceptors (Lipinski definition) is 4. The topological polar surface area (TPSA) is 63.4 Å². The van der Waals surface area contributed by atoms with Gasteiger partial charge in [0.15, 0.2) is 9.84 Å². The van der Waals surface area contributed by atoms with Gasteiger partial charge in [0, 0.05) is 18.7 Å². The molecule has 0 atom stereocenters. The molecule has 0 bridgehead atoms. The largest absolute Gasteiger partial charge is 0.389 e. The third-order valence-corrected chi connectivity index (χ3v) is 5.74. The summed E-state index contributed by atoms with van der Waals surface area (Å²) in [5.74, 6) is 0.902. The van der Waals surface area contributed by atoms with Gasteiger partial charge in [-0.15, -0.1) is 0 Å². The van der Waals surface area contributed by atoms with Crippen molar-refractivity contribution in [3.63, 3.8) is 0 Å². The lowest BCUT2D eigenvalue weighted by Crippen LogP contribution is -2.31.